The highest BCUT2D eigenvalue weighted by molar-refractivity contribution is 5.87. The van der Waals surface area contributed by atoms with Crippen molar-refractivity contribution >= 4 is 0 Å². The lowest BCUT2D eigenvalue weighted by molar-refractivity contribution is 0.683. The predicted octanol–water partition coefficient (Wildman–Crippen LogP) is 6.21. The number of hydrogen-bond donors (Lipinski definition) is 0. The van der Waals surface area contributed by atoms with Crippen molar-refractivity contribution in [2.24, 2.45) is 0 Å². The molecule has 0 heteroatoms. The second-order valence-corrected chi connectivity index (χ2v) is 6.51. The Morgan fingerprint density at radius 3 is 1.87 bits per heavy atom. The molecule has 0 fully saturated rings. The fourth-order valence-corrected chi connectivity index (χ4v) is 3.93. The van der Waals surface area contributed by atoms with Gasteiger partial charge in [0.25, 0.3) is 0 Å². The van der Waals surface area contributed by atoms with E-state index < -0.39 is 0 Å². The van der Waals surface area contributed by atoms with Gasteiger partial charge in [0.05, 0.1) is 0 Å². The Hall–Kier alpha value is -2.34. The van der Waals surface area contributed by atoms with Gasteiger partial charge in [-0.3, -0.25) is 0 Å². The summed E-state index contributed by atoms with van der Waals surface area (Å²) >= 11 is 0. The van der Waals surface area contributed by atoms with Crippen molar-refractivity contribution in [2.75, 3.05) is 0 Å². The van der Waals surface area contributed by atoms with Gasteiger partial charge in [0.2, 0.25) is 0 Å². The van der Waals surface area contributed by atoms with E-state index in [-0.39, 0.29) is 0 Å². The van der Waals surface area contributed by atoms with E-state index in [2.05, 4.69) is 73.7 Å². The highest BCUT2D eigenvalue weighted by Gasteiger charge is 2.20. The fraction of sp³-hybridized carbons (Fsp3) is 0.217. The van der Waals surface area contributed by atoms with Crippen LogP contribution in [-0.4, -0.2) is 0 Å². The maximum absolute atomic E-state index is 2.40. The summed E-state index contributed by atoms with van der Waals surface area (Å²) in [7, 11) is 0. The molecule has 0 spiro atoms. The zero-order valence-electron chi connectivity index (χ0n) is 13.7. The van der Waals surface area contributed by atoms with Gasteiger partial charge in [-0.05, 0) is 71.6 Å². The number of hydrogen-bond acceptors (Lipinski definition) is 0. The van der Waals surface area contributed by atoms with Crippen molar-refractivity contribution in [2.45, 2.75) is 32.6 Å². The lowest BCUT2D eigenvalue weighted by Crippen LogP contribution is -2.08. The molecule has 23 heavy (non-hydrogen) atoms. The lowest BCUT2D eigenvalue weighted by Gasteiger charge is -2.25. The summed E-state index contributed by atoms with van der Waals surface area (Å²) < 4.78 is 0. The summed E-state index contributed by atoms with van der Waals surface area (Å²) in [5.74, 6) is 0. The molecule has 0 saturated carbocycles. The van der Waals surface area contributed by atoms with E-state index in [1.807, 2.05) is 0 Å². The molecule has 114 valence electrons. The van der Waals surface area contributed by atoms with Crippen LogP contribution in [-0.2, 0) is 12.8 Å². The van der Waals surface area contributed by atoms with Gasteiger partial charge in [-0.15, -0.1) is 0 Å². The highest BCUT2D eigenvalue weighted by Crippen LogP contribution is 2.41. The van der Waals surface area contributed by atoms with Crippen LogP contribution < -0.4 is 0 Å². The van der Waals surface area contributed by atoms with Crippen molar-refractivity contribution in [1.82, 2.24) is 0 Å². The quantitative estimate of drug-likeness (QED) is 0.528. The number of rotatable bonds is 2. The van der Waals surface area contributed by atoms with Crippen LogP contribution in [0.5, 0.6) is 0 Å². The third-order valence-corrected chi connectivity index (χ3v) is 5.02. The Morgan fingerprint density at radius 1 is 0.652 bits per heavy atom. The Kier molecular flexibility index (Phi) is 3.75. The molecule has 0 aromatic heterocycles. The van der Waals surface area contributed by atoms with Crippen LogP contribution in [0.4, 0.5) is 0 Å². The topological polar surface area (TPSA) is 0 Å². The molecule has 3 aromatic rings. The highest BCUT2D eigenvalue weighted by atomic mass is 14.2. The van der Waals surface area contributed by atoms with Crippen molar-refractivity contribution in [3.8, 4) is 22.3 Å². The van der Waals surface area contributed by atoms with Crippen LogP contribution >= 0.6 is 0 Å². The Morgan fingerprint density at radius 2 is 1.22 bits per heavy atom. The molecule has 3 aromatic carbocycles. The molecule has 0 amide bonds. The van der Waals surface area contributed by atoms with E-state index >= 15 is 0 Å². The molecule has 0 radical (unpaired) electrons. The van der Waals surface area contributed by atoms with Crippen LogP contribution in [0.2, 0.25) is 0 Å². The minimum Gasteiger partial charge on any atom is -0.0622 e. The second-order valence-electron chi connectivity index (χ2n) is 6.51. The van der Waals surface area contributed by atoms with Gasteiger partial charge in [-0.2, -0.15) is 0 Å². The molecule has 1 aliphatic rings. The third kappa shape index (κ3) is 2.59. The first-order chi connectivity index (χ1) is 11.3. The SMILES string of the molecule is Cc1cc(-c2ccccc2)c(-c2ccccc2)c2c1CCCC2. The average molecular weight is 298 g/mol. The molecule has 0 nitrogen and oxygen atoms in total. The molecule has 4 rings (SSSR count). The molecular weight excluding hydrogens is 276 g/mol. The van der Waals surface area contributed by atoms with Crippen molar-refractivity contribution in [1.29, 1.82) is 0 Å². The molecule has 0 atom stereocenters. The van der Waals surface area contributed by atoms with Gasteiger partial charge in [-0.25, -0.2) is 0 Å². The summed E-state index contributed by atoms with van der Waals surface area (Å²) in [5.41, 5.74) is 10.1. The molecular formula is C23H22. The van der Waals surface area contributed by atoms with Gasteiger partial charge >= 0.3 is 0 Å². The summed E-state index contributed by atoms with van der Waals surface area (Å²) in [5, 5.41) is 0. The molecule has 0 heterocycles. The molecule has 1 aliphatic carbocycles. The van der Waals surface area contributed by atoms with E-state index in [1.165, 1.54) is 53.5 Å². The van der Waals surface area contributed by atoms with E-state index in [1.54, 1.807) is 11.1 Å². The Labute approximate surface area is 138 Å². The minimum atomic E-state index is 1.21. The van der Waals surface area contributed by atoms with Crippen molar-refractivity contribution in [3.05, 3.63) is 83.4 Å². The smallest absolute Gasteiger partial charge is 0.00704 e. The standard InChI is InChI=1S/C23H22/c1-17-16-22(18-10-4-2-5-11-18)23(19-12-6-3-7-13-19)21-15-9-8-14-20(17)21/h2-7,10-13,16H,8-9,14-15H2,1H3. The second kappa shape index (κ2) is 6.04. The average Bonchev–Trinajstić information content (AvgIpc) is 2.63. The van der Waals surface area contributed by atoms with Gasteiger partial charge in [0.15, 0.2) is 0 Å². The zero-order chi connectivity index (χ0) is 15.6. The van der Waals surface area contributed by atoms with Gasteiger partial charge in [0, 0.05) is 0 Å². The largest absolute Gasteiger partial charge is 0.0622 e. The summed E-state index contributed by atoms with van der Waals surface area (Å²) in [4.78, 5) is 0. The zero-order valence-corrected chi connectivity index (χ0v) is 13.7. The van der Waals surface area contributed by atoms with Gasteiger partial charge in [0.1, 0.15) is 0 Å². The summed E-state index contributed by atoms with van der Waals surface area (Å²) in [6.07, 6.45) is 5.08. The monoisotopic (exact) mass is 298 g/mol. The molecule has 0 N–H and O–H groups in total. The van der Waals surface area contributed by atoms with Crippen LogP contribution in [0.3, 0.4) is 0 Å². The van der Waals surface area contributed by atoms with Crippen LogP contribution in [0.15, 0.2) is 66.7 Å². The van der Waals surface area contributed by atoms with E-state index in [0.29, 0.717) is 0 Å². The third-order valence-electron chi connectivity index (χ3n) is 5.02. The number of aryl methyl sites for hydroxylation is 1. The first-order valence-corrected chi connectivity index (χ1v) is 8.61. The van der Waals surface area contributed by atoms with Gasteiger partial charge in [-0.1, -0.05) is 66.7 Å². The first-order valence-electron chi connectivity index (χ1n) is 8.61. The van der Waals surface area contributed by atoms with Crippen LogP contribution in [0.1, 0.15) is 29.5 Å². The maximum Gasteiger partial charge on any atom is -0.00704 e. The van der Waals surface area contributed by atoms with E-state index in [9.17, 15) is 0 Å². The van der Waals surface area contributed by atoms with E-state index in [0.717, 1.165) is 0 Å². The number of benzene rings is 3. The van der Waals surface area contributed by atoms with E-state index in [4.69, 9.17) is 0 Å². The molecule has 0 bridgehead atoms. The van der Waals surface area contributed by atoms with Crippen molar-refractivity contribution < 1.29 is 0 Å². The van der Waals surface area contributed by atoms with Gasteiger partial charge < -0.3 is 0 Å². The predicted molar refractivity (Wildman–Crippen MR) is 98.7 cm³/mol. The summed E-state index contributed by atoms with van der Waals surface area (Å²) in [6.45, 7) is 2.28. The minimum absolute atomic E-state index is 1.21. The van der Waals surface area contributed by atoms with Crippen molar-refractivity contribution in [3.63, 3.8) is 0 Å². The lowest BCUT2D eigenvalue weighted by atomic mass is 9.79. The Balaban J connectivity index is 2.04. The maximum atomic E-state index is 2.40. The fourth-order valence-electron chi connectivity index (χ4n) is 3.93. The normalized spacial score (nSPS) is 13.6. The first kappa shape index (κ1) is 14.3. The number of fused-ring (bicyclic) bond motifs is 1. The molecule has 0 saturated heterocycles. The summed E-state index contributed by atoms with van der Waals surface area (Å²) in [6, 6.07) is 24.2. The van der Waals surface area contributed by atoms with Crippen LogP contribution in [0.25, 0.3) is 22.3 Å². The van der Waals surface area contributed by atoms with Crippen LogP contribution in [0, 0.1) is 6.92 Å². The Bertz CT molecular complexity index is 814. The molecule has 0 unspecified atom stereocenters. The molecule has 0 aliphatic heterocycles.